The summed E-state index contributed by atoms with van der Waals surface area (Å²) >= 11 is 0. The predicted octanol–water partition coefficient (Wildman–Crippen LogP) is 4.22. The fourth-order valence-electron chi connectivity index (χ4n) is 2.46. The van der Waals surface area contributed by atoms with Crippen LogP contribution in [-0.2, 0) is 11.0 Å². The largest absolute Gasteiger partial charge is 0.416 e. The molecule has 0 saturated heterocycles. The quantitative estimate of drug-likeness (QED) is 0.876. The maximum Gasteiger partial charge on any atom is 0.416 e. The Balaban J connectivity index is 1.96. The van der Waals surface area contributed by atoms with Crippen LogP contribution in [0, 0.1) is 5.92 Å². The van der Waals surface area contributed by atoms with E-state index in [2.05, 4.69) is 5.32 Å². The number of nitrogens with one attached hydrogen (secondary N) is 1. The van der Waals surface area contributed by atoms with Gasteiger partial charge in [-0.1, -0.05) is 18.9 Å². The molecule has 104 valence electrons. The molecule has 0 aromatic heterocycles. The Hall–Kier alpha value is -1.52. The maximum absolute atomic E-state index is 12.5. The van der Waals surface area contributed by atoms with Gasteiger partial charge in [0.05, 0.1) is 5.56 Å². The van der Waals surface area contributed by atoms with Crippen LogP contribution in [0.3, 0.4) is 0 Å². The second-order valence-electron chi connectivity index (χ2n) is 4.98. The van der Waals surface area contributed by atoms with Gasteiger partial charge in [0.25, 0.3) is 0 Å². The topological polar surface area (TPSA) is 29.1 Å². The molecule has 0 aliphatic heterocycles. The van der Waals surface area contributed by atoms with E-state index in [1.807, 2.05) is 0 Å². The van der Waals surface area contributed by atoms with E-state index in [0.717, 1.165) is 37.8 Å². The summed E-state index contributed by atoms with van der Waals surface area (Å²) in [6.07, 6.45) is 0.372. The van der Waals surface area contributed by atoms with E-state index in [9.17, 15) is 18.0 Å². The van der Waals surface area contributed by atoms with Crippen molar-refractivity contribution in [2.24, 2.45) is 5.92 Å². The number of carbonyl (C=O) groups is 1. The van der Waals surface area contributed by atoms with Crippen LogP contribution in [0.4, 0.5) is 18.9 Å². The smallest absolute Gasteiger partial charge is 0.326 e. The van der Waals surface area contributed by atoms with Crippen molar-refractivity contribution >= 4 is 11.6 Å². The highest BCUT2D eigenvalue weighted by Crippen LogP contribution is 2.31. The zero-order valence-electron chi connectivity index (χ0n) is 10.5. The van der Waals surface area contributed by atoms with Gasteiger partial charge >= 0.3 is 6.18 Å². The summed E-state index contributed by atoms with van der Waals surface area (Å²) in [5, 5.41) is 2.54. The number of benzene rings is 1. The average molecular weight is 271 g/mol. The first-order valence-corrected chi connectivity index (χ1v) is 6.42. The van der Waals surface area contributed by atoms with Gasteiger partial charge < -0.3 is 5.32 Å². The number of alkyl halides is 3. The standard InChI is InChI=1S/C14H16F3NO/c15-14(16,17)11-6-3-7-12(9-11)18-13(19)8-10-4-1-2-5-10/h3,6-7,9-10H,1-2,4-5,8H2,(H,18,19). The van der Waals surface area contributed by atoms with E-state index >= 15 is 0 Å². The van der Waals surface area contributed by atoms with E-state index in [4.69, 9.17) is 0 Å². The molecule has 1 saturated carbocycles. The number of hydrogen-bond donors (Lipinski definition) is 1. The Morgan fingerprint density at radius 1 is 1.26 bits per heavy atom. The zero-order chi connectivity index (χ0) is 13.9. The van der Waals surface area contributed by atoms with Crippen molar-refractivity contribution < 1.29 is 18.0 Å². The Morgan fingerprint density at radius 2 is 1.95 bits per heavy atom. The summed E-state index contributed by atoms with van der Waals surface area (Å²) in [5.74, 6) is 0.178. The van der Waals surface area contributed by atoms with Crippen molar-refractivity contribution in [2.45, 2.75) is 38.3 Å². The van der Waals surface area contributed by atoms with Crippen molar-refractivity contribution in [1.29, 1.82) is 0 Å². The molecule has 0 unspecified atom stereocenters. The molecule has 1 aliphatic carbocycles. The minimum absolute atomic E-state index is 0.203. The van der Waals surface area contributed by atoms with Crippen LogP contribution >= 0.6 is 0 Å². The summed E-state index contributed by atoms with van der Waals surface area (Å²) in [6.45, 7) is 0. The molecule has 2 rings (SSSR count). The lowest BCUT2D eigenvalue weighted by Gasteiger charge is -2.11. The summed E-state index contributed by atoms with van der Waals surface area (Å²) in [6, 6.07) is 4.73. The van der Waals surface area contributed by atoms with Gasteiger partial charge in [-0.05, 0) is 37.0 Å². The average Bonchev–Trinajstić information content (AvgIpc) is 2.80. The fourth-order valence-corrected chi connectivity index (χ4v) is 2.46. The Bertz CT molecular complexity index is 450. The molecule has 2 nitrogen and oxygen atoms in total. The van der Waals surface area contributed by atoms with Gasteiger partial charge in [-0.25, -0.2) is 0 Å². The van der Waals surface area contributed by atoms with Gasteiger partial charge in [-0.15, -0.1) is 0 Å². The van der Waals surface area contributed by atoms with Crippen LogP contribution in [0.15, 0.2) is 24.3 Å². The van der Waals surface area contributed by atoms with Crippen molar-refractivity contribution in [2.75, 3.05) is 5.32 Å². The molecule has 0 radical (unpaired) electrons. The Kier molecular flexibility index (Phi) is 4.12. The second kappa shape index (κ2) is 5.63. The van der Waals surface area contributed by atoms with Crippen molar-refractivity contribution in [3.05, 3.63) is 29.8 Å². The molecular formula is C14H16F3NO. The normalized spacial score (nSPS) is 16.6. The molecule has 1 N–H and O–H groups in total. The lowest BCUT2D eigenvalue weighted by molar-refractivity contribution is -0.137. The number of halogens is 3. The van der Waals surface area contributed by atoms with E-state index in [-0.39, 0.29) is 11.6 Å². The molecule has 0 heterocycles. The molecule has 0 spiro atoms. The third-order valence-corrected chi connectivity index (χ3v) is 3.42. The molecule has 1 aromatic rings. The molecule has 1 aliphatic rings. The lowest BCUT2D eigenvalue weighted by Crippen LogP contribution is -2.15. The first kappa shape index (κ1) is 13.9. The van der Waals surface area contributed by atoms with Crippen LogP contribution in [0.2, 0.25) is 0 Å². The highest BCUT2D eigenvalue weighted by Gasteiger charge is 2.30. The van der Waals surface area contributed by atoms with Gasteiger partial charge in [0, 0.05) is 12.1 Å². The van der Waals surface area contributed by atoms with Gasteiger partial charge in [-0.2, -0.15) is 13.2 Å². The minimum atomic E-state index is -4.38. The molecule has 1 amide bonds. The molecule has 0 bridgehead atoms. The monoisotopic (exact) mass is 271 g/mol. The summed E-state index contributed by atoms with van der Waals surface area (Å²) < 4.78 is 37.6. The number of rotatable bonds is 3. The van der Waals surface area contributed by atoms with Crippen molar-refractivity contribution in [3.63, 3.8) is 0 Å². The van der Waals surface area contributed by atoms with Gasteiger partial charge in [0.1, 0.15) is 0 Å². The fraction of sp³-hybridized carbons (Fsp3) is 0.500. The third kappa shape index (κ3) is 3.98. The van der Waals surface area contributed by atoms with Gasteiger partial charge in [-0.3, -0.25) is 4.79 Å². The number of carbonyl (C=O) groups excluding carboxylic acids is 1. The van der Waals surface area contributed by atoms with E-state index in [1.165, 1.54) is 12.1 Å². The predicted molar refractivity (Wildman–Crippen MR) is 66.6 cm³/mol. The molecule has 19 heavy (non-hydrogen) atoms. The summed E-state index contributed by atoms with van der Waals surface area (Å²) in [4.78, 5) is 11.7. The van der Waals surface area contributed by atoms with Crippen molar-refractivity contribution in [1.82, 2.24) is 0 Å². The van der Waals surface area contributed by atoms with Gasteiger partial charge in [0.2, 0.25) is 5.91 Å². The first-order valence-electron chi connectivity index (χ1n) is 6.42. The summed E-state index contributed by atoms with van der Waals surface area (Å²) in [5.41, 5.74) is -0.538. The molecule has 5 heteroatoms. The minimum Gasteiger partial charge on any atom is -0.326 e. The molecule has 0 atom stereocenters. The third-order valence-electron chi connectivity index (χ3n) is 3.42. The Labute approximate surface area is 110 Å². The van der Waals surface area contributed by atoms with Gasteiger partial charge in [0.15, 0.2) is 0 Å². The SMILES string of the molecule is O=C(CC1CCCC1)Nc1cccc(C(F)(F)F)c1. The zero-order valence-corrected chi connectivity index (χ0v) is 10.5. The molecular weight excluding hydrogens is 255 g/mol. The number of anilines is 1. The van der Waals surface area contributed by atoms with E-state index in [1.54, 1.807) is 0 Å². The van der Waals surface area contributed by atoms with Crippen LogP contribution in [0.5, 0.6) is 0 Å². The van der Waals surface area contributed by atoms with Crippen LogP contribution < -0.4 is 5.32 Å². The highest BCUT2D eigenvalue weighted by atomic mass is 19.4. The number of amides is 1. The van der Waals surface area contributed by atoms with Crippen LogP contribution in [0.1, 0.15) is 37.7 Å². The van der Waals surface area contributed by atoms with Crippen molar-refractivity contribution in [3.8, 4) is 0 Å². The maximum atomic E-state index is 12.5. The highest BCUT2D eigenvalue weighted by molar-refractivity contribution is 5.90. The summed E-state index contributed by atoms with van der Waals surface area (Å²) in [7, 11) is 0. The lowest BCUT2D eigenvalue weighted by atomic mass is 10.0. The second-order valence-corrected chi connectivity index (χ2v) is 4.98. The van der Waals surface area contributed by atoms with Crippen LogP contribution in [-0.4, -0.2) is 5.91 Å². The number of hydrogen-bond acceptors (Lipinski definition) is 1. The van der Waals surface area contributed by atoms with E-state index < -0.39 is 11.7 Å². The molecule has 1 aromatic carbocycles. The molecule has 1 fully saturated rings. The van der Waals surface area contributed by atoms with E-state index in [0.29, 0.717) is 12.3 Å². The van der Waals surface area contributed by atoms with Crippen LogP contribution in [0.25, 0.3) is 0 Å². The first-order chi connectivity index (χ1) is 8.95. The Morgan fingerprint density at radius 3 is 2.58 bits per heavy atom.